The monoisotopic (exact) mass is 278 g/mol. The first-order valence-corrected chi connectivity index (χ1v) is 7.80. The van der Waals surface area contributed by atoms with E-state index in [1.807, 2.05) is 18.7 Å². The van der Waals surface area contributed by atoms with Crippen LogP contribution in [0.15, 0.2) is 16.7 Å². The highest BCUT2D eigenvalue weighted by Gasteiger charge is 2.32. The lowest BCUT2D eigenvalue weighted by Gasteiger charge is -2.39. The number of hydrogen-bond donors (Lipinski definition) is 1. The number of nitrogens with zero attached hydrogens (tertiary/aromatic N) is 1. The average molecular weight is 278 g/mol. The van der Waals surface area contributed by atoms with Crippen molar-refractivity contribution in [3.8, 4) is 0 Å². The van der Waals surface area contributed by atoms with Gasteiger partial charge in [-0.1, -0.05) is 19.8 Å². The first-order chi connectivity index (χ1) is 9.72. The summed E-state index contributed by atoms with van der Waals surface area (Å²) in [5, 5.41) is 0. The number of amides is 1. The molecule has 1 fully saturated rings. The van der Waals surface area contributed by atoms with Crippen molar-refractivity contribution < 1.29 is 9.21 Å². The molecule has 1 aliphatic rings. The zero-order valence-corrected chi connectivity index (χ0v) is 12.6. The second-order valence-corrected chi connectivity index (χ2v) is 5.55. The van der Waals surface area contributed by atoms with Gasteiger partial charge in [-0.2, -0.15) is 0 Å². The maximum atomic E-state index is 12.8. The molecule has 2 unspecified atom stereocenters. The van der Waals surface area contributed by atoms with Gasteiger partial charge in [0.05, 0.1) is 11.8 Å². The average Bonchev–Trinajstić information content (AvgIpc) is 2.96. The van der Waals surface area contributed by atoms with Crippen LogP contribution in [-0.4, -0.2) is 29.9 Å². The zero-order chi connectivity index (χ0) is 14.5. The van der Waals surface area contributed by atoms with Crippen LogP contribution >= 0.6 is 0 Å². The van der Waals surface area contributed by atoms with E-state index in [0.717, 1.165) is 37.1 Å². The van der Waals surface area contributed by atoms with Crippen molar-refractivity contribution in [2.24, 2.45) is 11.7 Å². The minimum Gasteiger partial charge on any atom is -0.469 e. The van der Waals surface area contributed by atoms with Crippen molar-refractivity contribution in [2.75, 3.05) is 13.1 Å². The Kier molecular flexibility index (Phi) is 5.24. The molecule has 112 valence electrons. The highest BCUT2D eigenvalue weighted by molar-refractivity contribution is 5.95. The Morgan fingerprint density at radius 2 is 2.15 bits per heavy atom. The maximum absolute atomic E-state index is 12.8. The van der Waals surface area contributed by atoms with E-state index in [1.165, 1.54) is 12.8 Å². The molecule has 20 heavy (non-hydrogen) atoms. The van der Waals surface area contributed by atoms with Crippen LogP contribution < -0.4 is 5.73 Å². The van der Waals surface area contributed by atoms with Gasteiger partial charge in [0.2, 0.25) is 0 Å². The van der Waals surface area contributed by atoms with Crippen LogP contribution in [-0.2, 0) is 6.42 Å². The van der Waals surface area contributed by atoms with E-state index in [0.29, 0.717) is 12.5 Å². The fourth-order valence-electron chi connectivity index (χ4n) is 3.36. The van der Waals surface area contributed by atoms with Gasteiger partial charge >= 0.3 is 0 Å². The third-order valence-corrected chi connectivity index (χ3v) is 4.47. The lowest BCUT2D eigenvalue weighted by molar-refractivity contribution is 0.0558. The van der Waals surface area contributed by atoms with Crippen molar-refractivity contribution in [3.05, 3.63) is 23.7 Å². The molecule has 2 atom stereocenters. The van der Waals surface area contributed by atoms with E-state index in [-0.39, 0.29) is 11.9 Å². The Morgan fingerprint density at radius 3 is 2.80 bits per heavy atom. The van der Waals surface area contributed by atoms with Crippen molar-refractivity contribution in [1.82, 2.24) is 4.90 Å². The van der Waals surface area contributed by atoms with E-state index in [9.17, 15) is 4.79 Å². The molecular formula is C16H26N2O2. The molecule has 1 aromatic rings. The zero-order valence-electron chi connectivity index (χ0n) is 12.6. The molecule has 0 radical (unpaired) electrons. The minimum atomic E-state index is 0.100. The highest BCUT2D eigenvalue weighted by atomic mass is 16.3. The van der Waals surface area contributed by atoms with Gasteiger partial charge in [0.25, 0.3) is 5.91 Å². The molecule has 4 heteroatoms. The molecular weight excluding hydrogens is 252 g/mol. The molecule has 4 nitrogen and oxygen atoms in total. The lowest BCUT2D eigenvalue weighted by Crippen LogP contribution is -2.48. The number of hydrogen-bond acceptors (Lipinski definition) is 3. The van der Waals surface area contributed by atoms with Gasteiger partial charge in [-0.25, -0.2) is 0 Å². The Morgan fingerprint density at radius 1 is 1.40 bits per heavy atom. The molecule has 1 saturated carbocycles. The fourth-order valence-corrected chi connectivity index (χ4v) is 3.36. The van der Waals surface area contributed by atoms with Gasteiger partial charge in [0.15, 0.2) is 0 Å². The summed E-state index contributed by atoms with van der Waals surface area (Å²) in [4.78, 5) is 14.8. The first kappa shape index (κ1) is 15.1. The Labute approximate surface area is 121 Å². The number of furan rings is 1. The fraction of sp³-hybridized carbons (Fsp3) is 0.688. The van der Waals surface area contributed by atoms with Gasteiger partial charge in [-0.05, 0) is 38.3 Å². The molecule has 0 aromatic carbocycles. The topological polar surface area (TPSA) is 59.5 Å². The standard InChI is InChI=1S/C16H26N2O2/c1-3-15-13(9-10-20-15)16(19)18(4-2)14-8-6-5-7-12(14)11-17/h9-10,12,14H,3-8,11,17H2,1-2H3. The van der Waals surface area contributed by atoms with Crippen LogP contribution in [0.4, 0.5) is 0 Å². The van der Waals surface area contributed by atoms with Crippen molar-refractivity contribution >= 4 is 5.91 Å². The van der Waals surface area contributed by atoms with Gasteiger partial charge in [-0.3, -0.25) is 4.79 Å². The molecule has 0 bridgehead atoms. The second kappa shape index (κ2) is 6.93. The summed E-state index contributed by atoms with van der Waals surface area (Å²) >= 11 is 0. The number of rotatable bonds is 5. The minimum absolute atomic E-state index is 0.100. The quantitative estimate of drug-likeness (QED) is 0.901. The van der Waals surface area contributed by atoms with E-state index in [1.54, 1.807) is 12.3 Å². The summed E-state index contributed by atoms with van der Waals surface area (Å²) in [5.74, 6) is 1.32. The largest absolute Gasteiger partial charge is 0.469 e. The van der Waals surface area contributed by atoms with Crippen LogP contribution in [0.1, 0.15) is 55.6 Å². The Balaban J connectivity index is 2.20. The van der Waals surface area contributed by atoms with Crippen LogP contribution in [0.2, 0.25) is 0 Å². The van der Waals surface area contributed by atoms with Gasteiger partial charge in [-0.15, -0.1) is 0 Å². The van der Waals surface area contributed by atoms with Crippen LogP contribution in [0.3, 0.4) is 0 Å². The molecule has 1 aliphatic carbocycles. The van der Waals surface area contributed by atoms with E-state index in [4.69, 9.17) is 10.2 Å². The number of carbonyl (C=O) groups excluding carboxylic acids is 1. The van der Waals surface area contributed by atoms with Crippen molar-refractivity contribution in [1.29, 1.82) is 0 Å². The van der Waals surface area contributed by atoms with E-state index < -0.39 is 0 Å². The summed E-state index contributed by atoms with van der Waals surface area (Å²) in [6, 6.07) is 2.08. The maximum Gasteiger partial charge on any atom is 0.257 e. The summed E-state index contributed by atoms with van der Waals surface area (Å²) in [7, 11) is 0. The van der Waals surface area contributed by atoms with Crippen LogP contribution in [0.25, 0.3) is 0 Å². The molecule has 0 spiro atoms. The van der Waals surface area contributed by atoms with Crippen LogP contribution in [0.5, 0.6) is 0 Å². The summed E-state index contributed by atoms with van der Waals surface area (Å²) in [6.45, 7) is 5.45. The predicted molar refractivity (Wildman–Crippen MR) is 79.6 cm³/mol. The molecule has 2 rings (SSSR count). The lowest BCUT2D eigenvalue weighted by atomic mass is 9.83. The van der Waals surface area contributed by atoms with Crippen molar-refractivity contribution in [2.45, 2.75) is 52.0 Å². The van der Waals surface area contributed by atoms with E-state index in [2.05, 4.69) is 0 Å². The third-order valence-electron chi connectivity index (χ3n) is 4.47. The SMILES string of the molecule is CCc1occc1C(=O)N(CC)C1CCCCC1CN. The highest BCUT2D eigenvalue weighted by Crippen LogP contribution is 2.29. The normalized spacial score (nSPS) is 22.8. The van der Waals surface area contributed by atoms with Gasteiger partial charge < -0.3 is 15.1 Å². The number of carbonyl (C=O) groups is 1. The molecule has 1 amide bonds. The Bertz CT molecular complexity index is 441. The summed E-state index contributed by atoms with van der Waals surface area (Å²) in [6.07, 6.45) is 6.99. The molecule has 1 heterocycles. The predicted octanol–water partition coefficient (Wildman–Crippen LogP) is 2.82. The second-order valence-electron chi connectivity index (χ2n) is 5.55. The Hall–Kier alpha value is -1.29. The molecule has 2 N–H and O–H groups in total. The molecule has 1 aromatic heterocycles. The number of aryl methyl sites for hydroxylation is 1. The third kappa shape index (κ3) is 2.90. The summed E-state index contributed by atoms with van der Waals surface area (Å²) < 4.78 is 5.40. The smallest absolute Gasteiger partial charge is 0.257 e. The van der Waals surface area contributed by atoms with Crippen LogP contribution in [0, 0.1) is 5.92 Å². The van der Waals surface area contributed by atoms with E-state index >= 15 is 0 Å². The van der Waals surface area contributed by atoms with Gasteiger partial charge in [0.1, 0.15) is 5.76 Å². The first-order valence-electron chi connectivity index (χ1n) is 7.80. The summed E-state index contributed by atoms with van der Waals surface area (Å²) in [5.41, 5.74) is 6.62. The number of nitrogens with two attached hydrogens (primary N) is 1. The van der Waals surface area contributed by atoms with Gasteiger partial charge in [0, 0.05) is 19.0 Å². The molecule has 0 saturated heterocycles. The van der Waals surface area contributed by atoms with Crippen molar-refractivity contribution in [3.63, 3.8) is 0 Å². The molecule has 0 aliphatic heterocycles.